The third-order valence-electron chi connectivity index (χ3n) is 4.56. The Bertz CT molecular complexity index is 679. The van der Waals surface area contributed by atoms with Crippen LogP contribution in [0.15, 0.2) is 53.0 Å². The van der Waals surface area contributed by atoms with E-state index < -0.39 is 0 Å². The summed E-state index contributed by atoms with van der Waals surface area (Å²) in [6.07, 6.45) is 2.12. The van der Waals surface area contributed by atoms with Crippen LogP contribution in [0.3, 0.4) is 0 Å². The lowest BCUT2D eigenvalue weighted by molar-refractivity contribution is 0.0998. The molecule has 23 heavy (non-hydrogen) atoms. The van der Waals surface area contributed by atoms with Crippen molar-refractivity contribution in [3.8, 4) is 0 Å². The molecular formula is C19H21BrN2O. The van der Waals surface area contributed by atoms with E-state index in [2.05, 4.69) is 51.2 Å². The van der Waals surface area contributed by atoms with Crippen molar-refractivity contribution >= 4 is 21.8 Å². The van der Waals surface area contributed by atoms with Gasteiger partial charge >= 0.3 is 0 Å². The molecule has 0 aliphatic carbocycles. The molecule has 1 aliphatic rings. The standard InChI is InChI=1S/C19H21BrN2O/c20-16-6-7-17(19(21)23)18(12-16)15-8-10-22(11-9-15)13-14-4-2-1-3-5-14/h1-7,12,15H,8-11,13H2,(H2,21,23). The minimum Gasteiger partial charge on any atom is -0.366 e. The lowest BCUT2D eigenvalue weighted by atomic mass is 9.86. The van der Waals surface area contributed by atoms with E-state index in [1.165, 1.54) is 5.56 Å². The van der Waals surface area contributed by atoms with Crippen molar-refractivity contribution in [1.82, 2.24) is 4.90 Å². The number of nitrogens with zero attached hydrogens (tertiary/aromatic N) is 1. The molecule has 2 N–H and O–H groups in total. The van der Waals surface area contributed by atoms with Crippen molar-refractivity contribution in [2.75, 3.05) is 13.1 Å². The molecule has 1 heterocycles. The molecule has 3 nitrogen and oxygen atoms in total. The fourth-order valence-electron chi connectivity index (χ4n) is 3.34. The van der Waals surface area contributed by atoms with Gasteiger partial charge in [0.1, 0.15) is 0 Å². The summed E-state index contributed by atoms with van der Waals surface area (Å²) in [5, 5.41) is 0. The molecule has 0 saturated carbocycles. The maximum absolute atomic E-state index is 11.7. The number of halogens is 1. The summed E-state index contributed by atoms with van der Waals surface area (Å²) >= 11 is 3.51. The van der Waals surface area contributed by atoms with Crippen LogP contribution in [0.2, 0.25) is 0 Å². The monoisotopic (exact) mass is 372 g/mol. The van der Waals surface area contributed by atoms with E-state index in [1.54, 1.807) is 0 Å². The zero-order valence-electron chi connectivity index (χ0n) is 13.0. The number of piperidine rings is 1. The van der Waals surface area contributed by atoms with E-state index in [0.29, 0.717) is 11.5 Å². The molecule has 1 aliphatic heterocycles. The van der Waals surface area contributed by atoms with Crippen molar-refractivity contribution in [2.45, 2.75) is 25.3 Å². The average Bonchev–Trinajstić information content (AvgIpc) is 2.56. The normalized spacial score (nSPS) is 16.4. The molecule has 0 spiro atoms. The Balaban J connectivity index is 1.67. The summed E-state index contributed by atoms with van der Waals surface area (Å²) in [5.74, 6) is 0.0706. The van der Waals surface area contributed by atoms with Crippen molar-refractivity contribution in [3.05, 3.63) is 69.7 Å². The summed E-state index contributed by atoms with van der Waals surface area (Å²) in [4.78, 5) is 14.2. The molecule has 0 aromatic heterocycles. The first-order chi connectivity index (χ1) is 11.1. The first-order valence-electron chi connectivity index (χ1n) is 7.99. The van der Waals surface area contributed by atoms with Gasteiger partial charge in [0.25, 0.3) is 0 Å². The molecule has 0 unspecified atom stereocenters. The molecule has 1 amide bonds. The van der Waals surface area contributed by atoms with E-state index in [4.69, 9.17) is 5.73 Å². The first-order valence-corrected chi connectivity index (χ1v) is 8.78. The van der Waals surface area contributed by atoms with Gasteiger partial charge in [-0.3, -0.25) is 9.69 Å². The Morgan fingerprint density at radius 1 is 1.13 bits per heavy atom. The molecule has 1 fully saturated rings. The fourth-order valence-corrected chi connectivity index (χ4v) is 3.72. The second kappa shape index (κ2) is 7.28. The second-order valence-corrected chi connectivity index (χ2v) is 7.05. The van der Waals surface area contributed by atoms with Crippen LogP contribution in [0.5, 0.6) is 0 Å². The van der Waals surface area contributed by atoms with Crippen molar-refractivity contribution in [1.29, 1.82) is 0 Å². The van der Waals surface area contributed by atoms with Gasteiger partial charge in [0.15, 0.2) is 0 Å². The van der Waals surface area contributed by atoms with Gasteiger partial charge in [-0.2, -0.15) is 0 Å². The molecule has 0 bridgehead atoms. The number of amides is 1. The van der Waals surface area contributed by atoms with Gasteiger partial charge in [0.05, 0.1) is 0 Å². The molecule has 3 rings (SSSR count). The Morgan fingerprint density at radius 3 is 2.48 bits per heavy atom. The SMILES string of the molecule is NC(=O)c1ccc(Br)cc1C1CCN(Cc2ccccc2)CC1. The predicted octanol–water partition coefficient (Wildman–Crippen LogP) is 3.93. The van der Waals surface area contributed by atoms with Crippen LogP contribution in [-0.4, -0.2) is 23.9 Å². The molecule has 2 aromatic rings. The predicted molar refractivity (Wildman–Crippen MR) is 96.4 cm³/mol. The maximum Gasteiger partial charge on any atom is 0.248 e. The average molecular weight is 373 g/mol. The maximum atomic E-state index is 11.7. The fraction of sp³-hybridized carbons (Fsp3) is 0.316. The van der Waals surface area contributed by atoms with Gasteiger partial charge in [0, 0.05) is 16.6 Å². The van der Waals surface area contributed by atoms with Crippen LogP contribution in [0.4, 0.5) is 0 Å². The third kappa shape index (κ3) is 4.01. The van der Waals surface area contributed by atoms with E-state index in [1.807, 2.05) is 18.2 Å². The van der Waals surface area contributed by atoms with Gasteiger partial charge in [-0.25, -0.2) is 0 Å². The van der Waals surface area contributed by atoms with Crippen molar-refractivity contribution in [2.24, 2.45) is 5.73 Å². The number of rotatable bonds is 4. The highest BCUT2D eigenvalue weighted by Gasteiger charge is 2.24. The van der Waals surface area contributed by atoms with Crippen LogP contribution in [0.25, 0.3) is 0 Å². The first kappa shape index (κ1) is 16.2. The van der Waals surface area contributed by atoms with Crippen LogP contribution >= 0.6 is 15.9 Å². The Hall–Kier alpha value is -1.65. The minimum atomic E-state index is -0.334. The van der Waals surface area contributed by atoms with Gasteiger partial charge < -0.3 is 5.73 Å². The highest BCUT2D eigenvalue weighted by Crippen LogP contribution is 2.32. The Kier molecular flexibility index (Phi) is 5.13. The van der Waals surface area contributed by atoms with Crippen LogP contribution in [0.1, 0.15) is 40.2 Å². The molecule has 1 saturated heterocycles. The van der Waals surface area contributed by atoms with Crippen molar-refractivity contribution < 1.29 is 4.79 Å². The zero-order chi connectivity index (χ0) is 16.2. The Morgan fingerprint density at radius 2 is 1.83 bits per heavy atom. The molecule has 0 radical (unpaired) electrons. The van der Waals surface area contributed by atoms with Crippen LogP contribution < -0.4 is 5.73 Å². The van der Waals surface area contributed by atoms with E-state index in [0.717, 1.165) is 42.5 Å². The summed E-state index contributed by atoms with van der Waals surface area (Å²) in [6.45, 7) is 3.09. The third-order valence-corrected chi connectivity index (χ3v) is 5.05. The summed E-state index contributed by atoms with van der Waals surface area (Å²) in [7, 11) is 0. The number of carbonyl (C=O) groups is 1. The van der Waals surface area contributed by atoms with E-state index in [-0.39, 0.29) is 5.91 Å². The number of carbonyl (C=O) groups excluding carboxylic acids is 1. The summed E-state index contributed by atoms with van der Waals surface area (Å²) in [5.41, 5.74) is 8.64. The molecule has 120 valence electrons. The molecule has 0 atom stereocenters. The van der Waals surface area contributed by atoms with Gasteiger partial charge in [0.2, 0.25) is 5.91 Å². The smallest absolute Gasteiger partial charge is 0.248 e. The zero-order valence-corrected chi connectivity index (χ0v) is 14.6. The van der Waals surface area contributed by atoms with E-state index >= 15 is 0 Å². The number of nitrogens with two attached hydrogens (primary N) is 1. The number of hydrogen-bond donors (Lipinski definition) is 1. The number of primary amides is 1. The highest BCUT2D eigenvalue weighted by atomic mass is 79.9. The summed E-state index contributed by atoms with van der Waals surface area (Å²) < 4.78 is 1.00. The van der Waals surface area contributed by atoms with Gasteiger partial charge in [-0.05, 0) is 61.2 Å². The molecular weight excluding hydrogens is 352 g/mol. The van der Waals surface area contributed by atoms with E-state index in [9.17, 15) is 4.79 Å². The summed E-state index contributed by atoms with van der Waals surface area (Å²) in [6, 6.07) is 16.3. The number of hydrogen-bond acceptors (Lipinski definition) is 2. The second-order valence-electron chi connectivity index (χ2n) is 6.13. The number of likely N-dealkylation sites (tertiary alicyclic amines) is 1. The van der Waals surface area contributed by atoms with Crippen LogP contribution in [-0.2, 0) is 6.54 Å². The minimum absolute atomic E-state index is 0.334. The highest BCUT2D eigenvalue weighted by molar-refractivity contribution is 9.10. The quantitative estimate of drug-likeness (QED) is 0.883. The Labute approximate surface area is 145 Å². The largest absolute Gasteiger partial charge is 0.366 e. The van der Waals surface area contributed by atoms with Gasteiger partial charge in [-0.15, -0.1) is 0 Å². The molecule has 2 aromatic carbocycles. The van der Waals surface area contributed by atoms with Crippen LogP contribution in [0, 0.1) is 0 Å². The lowest BCUT2D eigenvalue weighted by Gasteiger charge is -2.33. The number of benzene rings is 2. The van der Waals surface area contributed by atoms with Crippen molar-refractivity contribution in [3.63, 3.8) is 0 Å². The lowest BCUT2D eigenvalue weighted by Crippen LogP contribution is -2.33. The molecule has 4 heteroatoms. The van der Waals surface area contributed by atoms with Gasteiger partial charge in [-0.1, -0.05) is 46.3 Å². The topological polar surface area (TPSA) is 46.3 Å².